The molecule has 0 unspecified atom stereocenters. The molecular formula is C23H38N4O2. The van der Waals surface area contributed by atoms with E-state index in [1.165, 1.54) is 5.56 Å². The van der Waals surface area contributed by atoms with Gasteiger partial charge in [-0.1, -0.05) is 39.8 Å². The number of rotatable bonds is 7. The average Bonchev–Trinajstić information content (AvgIpc) is 2.72. The molecule has 1 aromatic carbocycles. The smallest absolute Gasteiger partial charge is 0.225 e. The van der Waals surface area contributed by atoms with Crippen molar-refractivity contribution in [3.8, 4) is 5.75 Å². The van der Waals surface area contributed by atoms with E-state index >= 15 is 0 Å². The lowest BCUT2D eigenvalue weighted by molar-refractivity contribution is -0.135. The molecule has 0 aliphatic carbocycles. The van der Waals surface area contributed by atoms with Gasteiger partial charge in [0.2, 0.25) is 5.91 Å². The third kappa shape index (κ3) is 6.65. The number of amides is 1. The normalized spacial score (nSPS) is 16.1. The van der Waals surface area contributed by atoms with E-state index in [1.54, 1.807) is 7.11 Å². The molecule has 2 rings (SSSR count). The van der Waals surface area contributed by atoms with Crippen molar-refractivity contribution in [3.63, 3.8) is 0 Å². The first-order chi connectivity index (χ1) is 13.8. The molecule has 0 atom stereocenters. The van der Waals surface area contributed by atoms with Crippen LogP contribution in [0.25, 0.3) is 0 Å². The van der Waals surface area contributed by atoms with Crippen LogP contribution in [0.1, 0.15) is 53.0 Å². The highest BCUT2D eigenvalue weighted by Crippen LogP contribution is 2.26. The molecule has 0 aromatic heterocycles. The van der Waals surface area contributed by atoms with Crippen LogP contribution in [0.2, 0.25) is 0 Å². The molecule has 1 saturated heterocycles. The van der Waals surface area contributed by atoms with Gasteiger partial charge in [0.25, 0.3) is 0 Å². The third-order valence-corrected chi connectivity index (χ3v) is 5.47. The first-order valence-electron chi connectivity index (χ1n) is 10.7. The molecule has 1 fully saturated rings. The van der Waals surface area contributed by atoms with Crippen molar-refractivity contribution < 1.29 is 9.53 Å². The van der Waals surface area contributed by atoms with Crippen LogP contribution in [-0.2, 0) is 10.2 Å². The second-order valence-corrected chi connectivity index (χ2v) is 8.71. The maximum atomic E-state index is 12.2. The quantitative estimate of drug-likeness (QED) is 0.543. The molecule has 2 N–H and O–H groups in total. The Morgan fingerprint density at radius 1 is 1.31 bits per heavy atom. The lowest BCUT2D eigenvalue weighted by atomic mass is 9.84. The fourth-order valence-electron chi connectivity index (χ4n) is 3.53. The first-order valence-corrected chi connectivity index (χ1v) is 10.7. The fourth-order valence-corrected chi connectivity index (χ4v) is 3.53. The lowest BCUT2D eigenvalue weighted by Gasteiger charge is -2.34. The highest BCUT2D eigenvalue weighted by atomic mass is 16.5. The van der Waals surface area contributed by atoms with Gasteiger partial charge in [-0.2, -0.15) is 0 Å². The Bertz CT molecular complexity index is 692. The number of nitrogens with one attached hydrogen (secondary N) is 2. The van der Waals surface area contributed by atoms with Gasteiger partial charge in [-0.15, -0.1) is 0 Å². The van der Waals surface area contributed by atoms with Crippen LogP contribution in [0.3, 0.4) is 0 Å². The predicted molar refractivity (Wildman–Crippen MR) is 120 cm³/mol. The van der Waals surface area contributed by atoms with Gasteiger partial charge >= 0.3 is 0 Å². The number of likely N-dealkylation sites (tertiary alicyclic amines) is 1. The SMILES string of the molecule is CCNC(=NCC(C)(C)c1cccc(OC)c1)NC1CCN(C(=O)C(C)C)CC1. The minimum Gasteiger partial charge on any atom is -0.497 e. The third-order valence-electron chi connectivity index (χ3n) is 5.47. The number of guanidine groups is 1. The summed E-state index contributed by atoms with van der Waals surface area (Å²) >= 11 is 0. The summed E-state index contributed by atoms with van der Waals surface area (Å²) in [5, 5.41) is 6.93. The summed E-state index contributed by atoms with van der Waals surface area (Å²) in [7, 11) is 1.69. The van der Waals surface area contributed by atoms with Crippen LogP contribution in [0, 0.1) is 5.92 Å². The molecule has 6 heteroatoms. The zero-order chi connectivity index (χ0) is 21.4. The lowest BCUT2D eigenvalue weighted by Crippen LogP contribution is -2.50. The van der Waals surface area contributed by atoms with Crippen molar-refractivity contribution in [3.05, 3.63) is 29.8 Å². The number of piperidine rings is 1. The molecule has 0 saturated carbocycles. The number of hydrogen-bond acceptors (Lipinski definition) is 3. The molecular weight excluding hydrogens is 364 g/mol. The molecule has 1 aliphatic rings. The Balaban J connectivity index is 1.98. The van der Waals surface area contributed by atoms with Crippen molar-refractivity contribution in [1.82, 2.24) is 15.5 Å². The van der Waals surface area contributed by atoms with E-state index in [9.17, 15) is 4.79 Å². The Morgan fingerprint density at radius 3 is 2.59 bits per heavy atom. The maximum absolute atomic E-state index is 12.2. The van der Waals surface area contributed by atoms with Gasteiger partial charge in [0.15, 0.2) is 5.96 Å². The second-order valence-electron chi connectivity index (χ2n) is 8.71. The van der Waals surface area contributed by atoms with Crippen molar-refractivity contribution in [2.75, 3.05) is 33.3 Å². The molecule has 6 nitrogen and oxygen atoms in total. The fraction of sp³-hybridized carbons (Fsp3) is 0.652. The van der Waals surface area contributed by atoms with E-state index < -0.39 is 0 Å². The molecule has 1 aromatic rings. The van der Waals surface area contributed by atoms with E-state index in [0.29, 0.717) is 12.6 Å². The number of benzene rings is 1. The number of carbonyl (C=O) groups is 1. The summed E-state index contributed by atoms with van der Waals surface area (Å²) in [4.78, 5) is 19.0. The summed E-state index contributed by atoms with van der Waals surface area (Å²) in [6.45, 7) is 13.5. The zero-order valence-corrected chi connectivity index (χ0v) is 18.9. The molecule has 1 amide bonds. The van der Waals surface area contributed by atoms with Gasteiger partial charge in [0, 0.05) is 37.0 Å². The van der Waals surface area contributed by atoms with Gasteiger partial charge in [0.05, 0.1) is 13.7 Å². The summed E-state index contributed by atoms with van der Waals surface area (Å²) in [6.07, 6.45) is 1.89. The Hall–Kier alpha value is -2.24. The van der Waals surface area contributed by atoms with Gasteiger partial charge in [-0.3, -0.25) is 9.79 Å². The van der Waals surface area contributed by atoms with E-state index in [2.05, 4.69) is 43.5 Å². The van der Waals surface area contributed by atoms with Crippen molar-refractivity contribution in [2.24, 2.45) is 10.9 Å². The Morgan fingerprint density at radius 2 is 2.00 bits per heavy atom. The minimum absolute atomic E-state index is 0.0669. The topological polar surface area (TPSA) is 66.0 Å². The van der Waals surface area contributed by atoms with Gasteiger partial charge in [0.1, 0.15) is 5.75 Å². The van der Waals surface area contributed by atoms with Crippen LogP contribution in [0.4, 0.5) is 0 Å². The summed E-state index contributed by atoms with van der Waals surface area (Å²) in [5.74, 6) is 2.03. The van der Waals surface area contributed by atoms with E-state index in [1.807, 2.05) is 30.9 Å². The number of aliphatic imine (C=N–C) groups is 1. The van der Waals surface area contributed by atoms with Crippen LogP contribution >= 0.6 is 0 Å². The number of hydrogen-bond donors (Lipinski definition) is 2. The number of carbonyl (C=O) groups excluding carboxylic acids is 1. The molecule has 1 heterocycles. The molecule has 0 bridgehead atoms. The number of nitrogens with zero attached hydrogens (tertiary/aromatic N) is 2. The minimum atomic E-state index is -0.107. The summed E-state index contributed by atoms with van der Waals surface area (Å²) in [5.41, 5.74) is 1.10. The molecule has 1 aliphatic heterocycles. The maximum Gasteiger partial charge on any atom is 0.225 e. The van der Waals surface area contributed by atoms with Crippen molar-refractivity contribution in [2.45, 2.75) is 58.9 Å². The molecule has 162 valence electrons. The highest BCUT2D eigenvalue weighted by molar-refractivity contribution is 5.80. The van der Waals surface area contributed by atoms with Crippen LogP contribution in [0.15, 0.2) is 29.3 Å². The predicted octanol–water partition coefficient (Wildman–Crippen LogP) is 3.17. The highest BCUT2D eigenvalue weighted by Gasteiger charge is 2.25. The van der Waals surface area contributed by atoms with E-state index in [4.69, 9.17) is 9.73 Å². The molecule has 29 heavy (non-hydrogen) atoms. The number of ether oxygens (including phenoxy) is 1. The summed E-state index contributed by atoms with van der Waals surface area (Å²) < 4.78 is 5.37. The van der Waals surface area contributed by atoms with Crippen LogP contribution < -0.4 is 15.4 Å². The number of methoxy groups -OCH3 is 1. The van der Waals surface area contributed by atoms with Crippen LogP contribution in [0.5, 0.6) is 5.75 Å². The zero-order valence-electron chi connectivity index (χ0n) is 18.9. The Labute approximate surface area is 176 Å². The second kappa shape index (κ2) is 10.5. The van der Waals surface area contributed by atoms with Crippen molar-refractivity contribution >= 4 is 11.9 Å². The summed E-state index contributed by atoms with van der Waals surface area (Å²) in [6, 6.07) is 8.53. The Kier molecular flexibility index (Phi) is 8.35. The molecule has 0 spiro atoms. The van der Waals surface area contributed by atoms with Gasteiger partial charge in [-0.05, 0) is 37.5 Å². The monoisotopic (exact) mass is 402 g/mol. The first kappa shape index (κ1) is 23.0. The standard InChI is InChI=1S/C23H38N4O2/c1-7-24-22(26-19-11-13-27(14-12-19)21(28)17(2)3)25-16-23(4,5)18-9-8-10-20(15-18)29-6/h8-10,15,17,19H,7,11-14,16H2,1-6H3,(H2,24,25,26). The van der Waals surface area contributed by atoms with Crippen LogP contribution in [-0.4, -0.2) is 56.1 Å². The van der Waals surface area contributed by atoms with Gasteiger partial charge < -0.3 is 20.3 Å². The van der Waals surface area contributed by atoms with Crippen molar-refractivity contribution in [1.29, 1.82) is 0 Å². The van der Waals surface area contributed by atoms with Gasteiger partial charge in [-0.25, -0.2) is 0 Å². The largest absolute Gasteiger partial charge is 0.497 e. The molecule has 0 radical (unpaired) electrons. The average molecular weight is 403 g/mol. The van der Waals surface area contributed by atoms with E-state index in [-0.39, 0.29) is 17.2 Å². The van der Waals surface area contributed by atoms with E-state index in [0.717, 1.165) is 44.2 Å².